The van der Waals surface area contributed by atoms with Gasteiger partial charge in [-0.2, -0.15) is 21.0 Å². The van der Waals surface area contributed by atoms with Crippen LogP contribution in [0, 0.1) is 56.2 Å². The Bertz CT molecular complexity index is 765. The van der Waals surface area contributed by atoms with Gasteiger partial charge in [-0.3, -0.25) is 0 Å². The number of nitriles is 4. The first-order valence-corrected chi connectivity index (χ1v) is 6.67. The minimum absolute atomic E-state index is 0.410. The summed E-state index contributed by atoms with van der Waals surface area (Å²) in [6.07, 6.45) is 0. The first kappa shape index (κ1) is 15.1. The maximum absolute atomic E-state index is 9.74. The van der Waals surface area contributed by atoms with Gasteiger partial charge in [0, 0.05) is 5.70 Å². The van der Waals surface area contributed by atoms with Crippen LogP contribution in [-0.4, -0.2) is 0 Å². The van der Waals surface area contributed by atoms with Gasteiger partial charge in [0.15, 0.2) is 5.41 Å². The Labute approximate surface area is 129 Å². The number of allylic oxidation sites excluding steroid dienone is 2. The summed E-state index contributed by atoms with van der Waals surface area (Å²) < 4.78 is 0. The number of hydrogen-bond acceptors (Lipinski definition) is 5. The molecule has 1 aliphatic heterocycles. The molecule has 0 aliphatic carbocycles. The molecular weight excluding hydrogens is 274 g/mol. The highest BCUT2D eigenvalue weighted by molar-refractivity contribution is 5.51. The molecule has 106 valence electrons. The molecule has 0 amide bonds. The summed E-state index contributed by atoms with van der Waals surface area (Å²) >= 11 is 0. The Kier molecular flexibility index (Phi) is 3.61. The number of nitrogens with zero attached hydrogens (tertiary/aromatic N) is 4. The second-order valence-corrected chi connectivity index (χ2v) is 5.24. The highest BCUT2D eigenvalue weighted by Gasteiger charge is 2.63. The molecule has 0 saturated heterocycles. The average molecular weight is 287 g/mol. The second-order valence-electron chi connectivity index (χ2n) is 5.24. The van der Waals surface area contributed by atoms with Crippen LogP contribution in [0.4, 0.5) is 0 Å². The lowest BCUT2D eigenvalue weighted by Crippen LogP contribution is -2.52. The van der Waals surface area contributed by atoms with Crippen molar-refractivity contribution in [3.8, 4) is 24.3 Å². The molecule has 1 unspecified atom stereocenters. The second kappa shape index (κ2) is 5.25. The quantitative estimate of drug-likeness (QED) is 0.854. The molecule has 0 aromatic heterocycles. The molecule has 1 aromatic rings. The third-order valence-electron chi connectivity index (χ3n) is 4.33. The summed E-state index contributed by atoms with van der Waals surface area (Å²) in [5.41, 5.74) is -1.91. The van der Waals surface area contributed by atoms with E-state index in [1.54, 1.807) is 38.1 Å². The van der Waals surface area contributed by atoms with E-state index in [0.29, 0.717) is 16.8 Å². The minimum Gasteiger partial charge on any atom is -0.379 e. The van der Waals surface area contributed by atoms with E-state index in [4.69, 9.17) is 0 Å². The first-order valence-electron chi connectivity index (χ1n) is 6.67. The maximum atomic E-state index is 9.74. The molecule has 22 heavy (non-hydrogen) atoms. The summed E-state index contributed by atoms with van der Waals surface area (Å²) in [6, 6.07) is 16.0. The fourth-order valence-corrected chi connectivity index (χ4v) is 2.90. The van der Waals surface area contributed by atoms with Crippen molar-refractivity contribution >= 4 is 0 Å². The number of hydrogen-bond donors (Lipinski definition) is 1. The van der Waals surface area contributed by atoms with Crippen LogP contribution in [0.1, 0.15) is 25.5 Å². The van der Waals surface area contributed by atoms with Crippen LogP contribution in [-0.2, 0) is 0 Å². The lowest BCUT2D eigenvalue weighted by atomic mass is 9.56. The van der Waals surface area contributed by atoms with E-state index in [1.165, 1.54) is 0 Å². The molecule has 1 atom stereocenters. The van der Waals surface area contributed by atoms with Gasteiger partial charge in [0.25, 0.3) is 0 Å². The van der Waals surface area contributed by atoms with Crippen LogP contribution in [0.5, 0.6) is 0 Å². The van der Waals surface area contributed by atoms with E-state index >= 15 is 0 Å². The molecule has 0 bridgehead atoms. The molecule has 1 N–H and O–H groups in total. The summed E-state index contributed by atoms with van der Waals surface area (Å²) in [7, 11) is 0. The Balaban J connectivity index is 2.86. The van der Waals surface area contributed by atoms with Gasteiger partial charge in [-0.1, -0.05) is 30.3 Å². The SMILES string of the molecule is CC1=C(C)C(C#N)(C#N)C(C#N)(C#N)C(c2ccccc2)N1. The molecule has 0 saturated carbocycles. The lowest BCUT2D eigenvalue weighted by Gasteiger charge is -2.44. The van der Waals surface area contributed by atoms with Gasteiger partial charge in [-0.25, -0.2) is 0 Å². The zero-order valence-electron chi connectivity index (χ0n) is 12.3. The fraction of sp³-hybridized carbons (Fsp3) is 0.294. The normalized spacial score (nSPS) is 21.5. The fourth-order valence-electron chi connectivity index (χ4n) is 2.90. The van der Waals surface area contributed by atoms with E-state index < -0.39 is 16.9 Å². The molecule has 1 heterocycles. The van der Waals surface area contributed by atoms with Crippen LogP contribution in [0.15, 0.2) is 41.6 Å². The third kappa shape index (κ3) is 1.67. The van der Waals surface area contributed by atoms with Gasteiger partial charge >= 0.3 is 0 Å². The van der Waals surface area contributed by atoms with Gasteiger partial charge in [0.1, 0.15) is 0 Å². The lowest BCUT2D eigenvalue weighted by molar-refractivity contribution is 0.233. The Morgan fingerprint density at radius 3 is 1.91 bits per heavy atom. The molecule has 0 fully saturated rings. The van der Waals surface area contributed by atoms with Crippen LogP contribution >= 0.6 is 0 Å². The van der Waals surface area contributed by atoms with E-state index in [2.05, 4.69) is 5.32 Å². The molecule has 2 rings (SSSR count). The Morgan fingerprint density at radius 1 is 0.909 bits per heavy atom. The zero-order valence-corrected chi connectivity index (χ0v) is 12.3. The van der Waals surface area contributed by atoms with Crippen molar-refractivity contribution in [2.45, 2.75) is 19.9 Å². The highest BCUT2D eigenvalue weighted by Crippen LogP contribution is 2.54. The zero-order chi connectivity index (χ0) is 16.4. The number of nitrogens with one attached hydrogen (secondary N) is 1. The van der Waals surface area contributed by atoms with Gasteiger partial charge in [0.2, 0.25) is 5.41 Å². The smallest absolute Gasteiger partial charge is 0.203 e. The Morgan fingerprint density at radius 2 is 1.45 bits per heavy atom. The first-order chi connectivity index (χ1) is 10.5. The standard InChI is InChI=1S/C17H13N5/c1-12-13(2)22-15(14-6-4-3-5-7-14)17(10-20,11-21)16(12,8-18)9-19/h3-7,15,22H,1-2H3. The molecule has 5 nitrogen and oxygen atoms in total. The van der Waals surface area contributed by atoms with Crippen LogP contribution < -0.4 is 5.32 Å². The van der Waals surface area contributed by atoms with Crippen molar-refractivity contribution in [2.75, 3.05) is 0 Å². The summed E-state index contributed by atoms with van der Waals surface area (Å²) in [5.74, 6) is 0. The predicted octanol–water partition coefficient (Wildman–Crippen LogP) is 2.69. The summed E-state index contributed by atoms with van der Waals surface area (Å²) in [6.45, 7) is 3.35. The third-order valence-corrected chi connectivity index (χ3v) is 4.33. The average Bonchev–Trinajstić information content (AvgIpc) is 2.58. The summed E-state index contributed by atoms with van der Waals surface area (Å²) in [4.78, 5) is 0. The van der Waals surface area contributed by atoms with Crippen LogP contribution in [0.3, 0.4) is 0 Å². The van der Waals surface area contributed by atoms with Crippen LogP contribution in [0.25, 0.3) is 0 Å². The molecule has 1 aromatic carbocycles. The van der Waals surface area contributed by atoms with E-state index in [9.17, 15) is 21.0 Å². The molecular formula is C17H13N5. The number of benzene rings is 1. The molecule has 5 heteroatoms. The predicted molar refractivity (Wildman–Crippen MR) is 78.0 cm³/mol. The van der Waals surface area contributed by atoms with E-state index in [0.717, 1.165) is 0 Å². The van der Waals surface area contributed by atoms with Crippen molar-refractivity contribution in [3.05, 3.63) is 47.2 Å². The van der Waals surface area contributed by atoms with Crippen molar-refractivity contribution in [1.29, 1.82) is 21.0 Å². The maximum Gasteiger partial charge on any atom is 0.203 e. The van der Waals surface area contributed by atoms with Crippen LogP contribution in [0.2, 0.25) is 0 Å². The van der Waals surface area contributed by atoms with Crippen molar-refractivity contribution in [2.24, 2.45) is 10.8 Å². The summed E-state index contributed by atoms with van der Waals surface area (Å²) in [5, 5.41) is 41.9. The topological polar surface area (TPSA) is 107 Å². The van der Waals surface area contributed by atoms with Gasteiger partial charge in [0.05, 0.1) is 30.3 Å². The van der Waals surface area contributed by atoms with Gasteiger partial charge in [-0.05, 0) is 25.0 Å². The van der Waals surface area contributed by atoms with Crippen molar-refractivity contribution in [3.63, 3.8) is 0 Å². The largest absolute Gasteiger partial charge is 0.379 e. The molecule has 1 aliphatic rings. The number of rotatable bonds is 1. The highest BCUT2D eigenvalue weighted by atomic mass is 15.0. The van der Waals surface area contributed by atoms with E-state index in [-0.39, 0.29) is 0 Å². The van der Waals surface area contributed by atoms with Gasteiger partial charge in [-0.15, -0.1) is 0 Å². The van der Waals surface area contributed by atoms with Crippen molar-refractivity contribution in [1.82, 2.24) is 5.32 Å². The molecule has 0 radical (unpaired) electrons. The van der Waals surface area contributed by atoms with E-state index in [1.807, 2.05) is 30.3 Å². The Hall–Kier alpha value is -3.28. The molecule has 0 spiro atoms. The monoisotopic (exact) mass is 287 g/mol. The van der Waals surface area contributed by atoms with Crippen molar-refractivity contribution < 1.29 is 0 Å². The van der Waals surface area contributed by atoms with Gasteiger partial charge < -0.3 is 5.32 Å². The minimum atomic E-state index is -1.83.